The molecule has 102 valence electrons. The molecular formula is C14H23NO3. The summed E-state index contributed by atoms with van der Waals surface area (Å²) in [5.74, 6) is 0.789. The molecule has 3 unspecified atom stereocenters. The lowest BCUT2D eigenvalue weighted by molar-refractivity contribution is -0.138. The lowest BCUT2D eigenvalue weighted by atomic mass is 10.0. The molecule has 0 aromatic carbocycles. The van der Waals surface area contributed by atoms with Crippen molar-refractivity contribution < 1.29 is 14.7 Å². The van der Waals surface area contributed by atoms with E-state index in [1.54, 1.807) is 0 Å². The number of amides is 1. The predicted molar refractivity (Wildman–Crippen MR) is 68.1 cm³/mol. The van der Waals surface area contributed by atoms with Gasteiger partial charge in [0.15, 0.2) is 0 Å². The Morgan fingerprint density at radius 1 is 1.22 bits per heavy atom. The molecule has 0 radical (unpaired) electrons. The Balaban J connectivity index is 1.83. The molecule has 1 heterocycles. The van der Waals surface area contributed by atoms with Crippen molar-refractivity contribution in [3.8, 4) is 0 Å². The fraction of sp³-hybridized carbons (Fsp3) is 0.857. The second-order valence-electron chi connectivity index (χ2n) is 6.08. The van der Waals surface area contributed by atoms with Gasteiger partial charge in [-0.05, 0) is 37.0 Å². The van der Waals surface area contributed by atoms with E-state index in [1.807, 2.05) is 11.8 Å². The van der Waals surface area contributed by atoms with Crippen molar-refractivity contribution in [1.29, 1.82) is 0 Å². The van der Waals surface area contributed by atoms with E-state index in [0.29, 0.717) is 12.3 Å². The number of fused-ring (bicyclic) bond motifs is 2. The molecule has 2 aliphatic rings. The van der Waals surface area contributed by atoms with E-state index in [-0.39, 0.29) is 18.2 Å². The zero-order valence-electron chi connectivity index (χ0n) is 11.1. The third kappa shape index (κ3) is 3.47. The van der Waals surface area contributed by atoms with Crippen LogP contribution in [0.5, 0.6) is 0 Å². The average Bonchev–Trinajstić information content (AvgIpc) is 2.56. The Bertz CT molecular complexity index is 329. The maximum atomic E-state index is 12.2. The van der Waals surface area contributed by atoms with Crippen molar-refractivity contribution in [3.63, 3.8) is 0 Å². The van der Waals surface area contributed by atoms with Gasteiger partial charge in [0.25, 0.3) is 0 Å². The Hall–Kier alpha value is -1.06. The number of likely N-dealkylation sites (tertiary alicyclic amines) is 1. The van der Waals surface area contributed by atoms with Crippen LogP contribution >= 0.6 is 0 Å². The fourth-order valence-corrected chi connectivity index (χ4v) is 3.37. The normalized spacial score (nSPS) is 28.8. The van der Waals surface area contributed by atoms with E-state index >= 15 is 0 Å². The first-order valence-electron chi connectivity index (χ1n) is 7.04. The summed E-state index contributed by atoms with van der Waals surface area (Å²) in [5.41, 5.74) is 0. The first-order chi connectivity index (χ1) is 8.54. The average molecular weight is 253 g/mol. The number of nitrogens with zero attached hydrogens (tertiary/aromatic N) is 1. The summed E-state index contributed by atoms with van der Waals surface area (Å²) < 4.78 is 0. The van der Waals surface area contributed by atoms with Crippen molar-refractivity contribution in [2.24, 2.45) is 17.8 Å². The summed E-state index contributed by atoms with van der Waals surface area (Å²) in [6.07, 6.45) is 5.49. The summed E-state index contributed by atoms with van der Waals surface area (Å²) in [6.45, 7) is 3.62. The first-order valence-corrected chi connectivity index (χ1v) is 7.04. The summed E-state index contributed by atoms with van der Waals surface area (Å²) in [4.78, 5) is 24.7. The van der Waals surface area contributed by atoms with Crippen LogP contribution in [0.15, 0.2) is 0 Å². The predicted octanol–water partition coefficient (Wildman–Crippen LogP) is 2.14. The second kappa shape index (κ2) is 5.72. The fourth-order valence-electron chi connectivity index (χ4n) is 3.37. The van der Waals surface area contributed by atoms with Crippen molar-refractivity contribution >= 4 is 11.9 Å². The van der Waals surface area contributed by atoms with Crippen molar-refractivity contribution in [3.05, 3.63) is 0 Å². The molecular weight excluding hydrogens is 230 g/mol. The van der Waals surface area contributed by atoms with Crippen LogP contribution in [0.4, 0.5) is 0 Å². The molecule has 1 aliphatic carbocycles. The molecule has 1 N–H and O–H groups in total. The SMILES string of the molecule is CC(CC(=O)O)CC(=O)N1CCC2CCC(C2)C1. The molecule has 4 nitrogen and oxygen atoms in total. The number of carbonyl (C=O) groups is 2. The Morgan fingerprint density at radius 3 is 2.67 bits per heavy atom. The maximum absolute atomic E-state index is 12.2. The number of carbonyl (C=O) groups excluding carboxylic acids is 1. The number of aliphatic carboxylic acids is 1. The summed E-state index contributed by atoms with van der Waals surface area (Å²) in [6, 6.07) is 0. The Morgan fingerprint density at radius 2 is 1.94 bits per heavy atom. The van der Waals surface area contributed by atoms with Gasteiger partial charge in [0.05, 0.1) is 0 Å². The van der Waals surface area contributed by atoms with Crippen LogP contribution in [-0.2, 0) is 9.59 Å². The quantitative estimate of drug-likeness (QED) is 0.835. The highest BCUT2D eigenvalue weighted by Crippen LogP contribution is 2.36. The number of rotatable bonds is 4. The number of carboxylic acids is 1. The molecule has 0 spiro atoms. The van der Waals surface area contributed by atoms with Gasteiger partial charge in [0, 0.05) is 25.9 Å². The van der Waals surface area contributed by atoms with Crippen molar-refractivity contribution in [1.82, 2.24) is 4.90 Å². The van der Waals surface area contributed by atoms with Crippen LogP contribution < -0.4 is 0 Å². The summed E-state index contributed by atoms with van der Waals surface area (Å²) in [7, 11) is 0. The molecule has 1 amide bonds. The van der Waals surface area contributed by atoms with Crippen LogP contribution in [0.1, 0.15) is 45.4 Å². The van der Waals surface area contributed by atoms with E-state index in [0.717, 1.165) is 25.4 Å². The molecule has 1 saturated heterocycles. The van der Waals surface area contributed by atoms with Gasteiger partial charge in [-0.2, -0.15) is 0 Å². The highest BCUT2D eigenvalue weighted by molar-refractivity contribution is 5.77. The van der Waals surface area contributed by atoms with Gasteiger partial charge < -0.3 is 10.0 Å². The van der Waals surface area contributed by atoms with Gasteiger partial charge in [-0.15, -0.1) is 0 Å². The Labute approximate surface area is 108 Å². The smallest absolute Gasteiger partial charge is 0.303 e. The topological polar surface area (TPSA) is 57.6 Å². The van der Waals surface area contributed by atoms with Crippen molar-refractivity contribution in [2.75, 3.05) is 13.1 Å². The maximum Gasteiger partial charge on any atom is 0.303 e. The van der Waals surface area contributed by atoms with Gasteiger partial charge >= 0.3 is 5.97 Å². The minimum absolute atomic E-state index is 0.0598. The van der Waals surface area contributed by atoms with Gasteiger partial charge in [-0.3, -0.25) is 9.59 Å². The number of hydrogen-bond acceptors (Lipinski definition) is 2. The first kappa shape index (κ1) is 13.4. The molecule has 0 aromatic rings. The van der Waals surface area contributed by atoms with Gasteiger partial charge in [-0.25, -0.2) is 0 Å². The molecule has 0 aromatic heterocycles. The third-order valence-electron chi connectivity index (χ3n) is 4.33. The third-order valence-corrected chi connectivity index (χ3v) is 4.33. The number of hydrogen-bond donors (Lipinski definition) is 1. The summed E-state index contributed by atoms with van der Waals surface area (Å²) in [5, 5.41) is 8.71. The van der Waals surface area contributed by atoms with E-state index in [4.69, 9.17) is 5.11 Å². The largest absolute Gasteiger partial charge is 0.481 e. The molecule has 18 heavy (non-hydrogen) atoms. The monoisotopic (exact) mass is 253 g/mol. The van der Waals surface area contributed by atoms with E-state index in [2.05, 4.69) is 0 Å². The molecule has 2 fully saturated rings. The zero-order valence-corrected chi connectivity index (χ0v) is 11.1. The van der Waals surface area contributed by atoms with Crippen LogP contribution in [0.3, 0.4) is 0 Å². The lowest BCUT2D eigenvalue weighted by Crippen LogP contribution is -2.36. The lowest BCUT2D eigenvalue weighted by Gasteiger charge is -2.26. The van der Waals surface area contributed by atoms with E-state index in [9.17, 15) is 9.59 Å². The second-order valence-corrected chi connectivity index (χ2v) is 6.08. The highest BCUT2D eigenvalue weighted by Gasteiger charge is 2.31. The minimum Gasteiger partial charge on any atom is -0.481 e. The molecule has 3 atom stereocenters. The van der Waals surface area contributed by atoms with Crippen LogP contribution in [0.25, 0.3) is 0 Å². The van der Waals surface area contributed by atoms with Gasteiger partial charge in [0.2, 0.25) is 5.91 Å². The number of carboxylic acid groups (broad SMARTS) is 1. The van der Waals surface area contributed by atoms with Gasteiger partial charge in [0.1, 0.15) is 0 Å². The molecule has 2 rings (SSSR count). The van der Waals surface area contributed by atoms with Crippen LogP contribution in [0, 0.1) is 17.8 Å². The molecule has 2 bridgehead atoms. The van der Waals surface area contributed by atoms with Crippen molar-refractivity contribution in [2.45, 2.75) is 45.4 Å². The minimum atomic E-state index is -0.815. The highest BCUT2D eigenvalue weighted by atomic mass is 16.4. The standard InChI is InChI=1S/C14H23NO3/c1-10(7-14(17)18)6-13(16)15-5-4-11-2-3-12(8-11)9-15/h10-12H,2-9H2,1H3,(H,17,18). The summed E-state index contributed by atoms with van der Waals surface area (Å²) >= 11 is 0. The van der Waals surface area contributed by atoms with Gasteiger partial charge in [-0.1, -0.05) is 13.3 Å². The van der Waals surface area contributed by atoms with Crippen LogP contribution in [-0.4, -0.2) is 35.0 Å². The Kier molecular flexibility index (Phi) is 4.25. The zero-order chi connectivity index (χ0) is 13.1. The molecule has 1 aliphatic heterocycles. The molecule has 4 heteroatoms. The van der Waals surface area contributed by atoms with E-state index < -0.39 is 5.97 Å². The molecule has 1 saturated carbocycles. The van der Waals surface area contributed by atoms with E-state index in [1.165, 1.54) is 19.3 Å². The van der Waals surface area contributed by atoms with Crippen LogP contribution in [0.2, 0.25) is 0 Å².